The maximum atomic E-state index is 10.0. The molecule has 2 aromatic carbocycles. The molecule has 2 N–H and O–H groups in total. The summed E-state index contributed by atoms with van der Waals surface area (Å²) in [5.41, 5.74) is 2.30. The molecule has 5 heteroatoms. The molecule has 0 amide bonds. The second-order valence-electron chi connectivity index (χ2n) is 6.15. The summed E-state index contributed by atoms with van der Waals surface area (Å²) in [5, 5.41) is 13.3. The summed E-state index contributed by atoms with van der Waals surface area (Å²) in [6, 6.07) is 13.8. The normalized spacial score (nSPS) is 11.8. The molecule has 2 rings (SSSR count). The fraction of sp³-hybridized carbons (Fsp3) is 0.429. The largest absolute Gasteiger partial charge is 0.493 e. The Kier molecular flexibility index (Phi) is 8.25. The van der Waals surface area contributed by atoms with E-state index in [9.17, 15) is 5.11 Å². The first-order valence-corrected chi connectivity index (χ1v) is 9.00. The molecule has 0 aliphatic heterocycles. The molecule has 142 valence electrons. The Morgan fingerprint density at radius 2 is 1.92 bits per heavy atom. The summed E-state index contributed by atoms with van der Waals surface area (Å²) in [6.45, 7) is 6.09. The van der Waals surface area contributed by atoms with Gasteiger partial charge in [-0.1, -0.05) is 18.2 Å². The van der Waals surface area contributed by atoms with Crippen molar-refractivity contribution in [3.63, 3.8) is 0 Å². The third-order valence-corrected chi connectivity index (χ3v) is 3.93. The summed E-state index contributed by atoms with van der Waals surface area (Å²) in [5.74, 6) is 2.29. The van der Waals surface area contributed by atoms with Crippen molar-refractivity contribution in [3.8, 4) is 17.2 Å². The van der Waals surface area contributed by atoms with E-state index in [1.165, 1.54) is 0 Å². The second kappa shape index (κ2) is 10.7. The molecule has 0 saturated heterocycles. The second-order valence-corrected chi connectivity index (χ2v) is 6.15. The molecule has 0 aliphatic carbocycles. The lowest BCUT2D eigenvalue weighted by Gasteiger charge is -2.14. The van der Waals surface area contributed by atoms with Crippen LogP contribution in [0.25, 0.3) is 0 Å². The van der Waals surface area contributed by atoms with E-state index in [1.54, 1.807) is 7.11 Å². The number of aliphatic hydroxyl groups is 1. The summed E-state index contributed by atoms with van der Waals surface area (Å²) in [7, 11) is 1.64. The maximum absolute atomic E-state index is 10.0. The fourth-order valence-corrected chi connectivity index (χ4v) is 2.60. The SMILES string of the molecule is CCOc1ccc(CCNCC(O)COc2cccc(C)c2)cc1OC. The Balaban J connectivity index is 1.69. The van der Waals surface area contributed by atoms with Gasteiger partial charge in [0, 0.05) is 6.54 Å². The van der Waals surface area contributed by atoms with E-state index in [0.29, 0.717) is 13.2 Å². The molecular weight excluding hydrogens is 330 g/mol. The van der Waals surface area contributed by atoms with Gasteiger partial charge < -0.3 is 24.6 Å². The first-order chi connectivity index (χ1) is 12.6. The highest BCUT2D eigenvalue weighted by Gasteiger charge is 2.07. The molecule has 0 bridgehead atoms. The Hall–Kier alpha value is -2.24. The van der Waals surface area contributed by atoms with E-state index in [2.05, 4.69) is 5.32 Å². The monoisotopic (exact) mass is 359 g/mol. The van der Waals surface area contributed by atoms with Crippen LogP contribution in [-0.2, 0) is 6.42 Å². The summed E-state index contributed by atoms with van der Waals surface area (Å²) >= 11 is 0. The first-order valence-electron chi connectivity index (χ1n) is 9.00. The predicted octanol–water partition coefficient (Wildman–Crippen LogP) is 2.97. The number of hydrogen-bond acceptors (Lipinski definition) is 5. The third kappa shape index (κ3) is 6.58. The number of methoxy groups -OCH3 is 1. The number of aliphatic hydroxyl groups excluding tert-OH is 1. The zero-order valence-corrected chi connectivity index (χ0v) is 15.8. The Morgan fingerprint density at radius 1 is 1.08 bits per heavy atom. The van der Waals surface area contributed by atoms with Crippen LogP contribution in [0.2, 0.25) is 0 Å². The van der Waals surface area contributed by atoms with E-state index < -0.39 is 6.10 Å². The zero-order valence-electron chi connectivity index (χ0n) is 15.8. The van der Waals surface area contributed by atoms with Crippen molar-refractivity contribution in [3.05, 3.63) is 53.6 Å². The topological polar surface area (TPSA) is 60.0 Å². The average Bonchev–Trinajstić information content (AvgIpc) is 2.65. The first kappa shape index (κ1) is 20.1. The number of aryl methyl sites for hydroxylation is 1. The van der Waals surface area contributed by atoms with Gasteiger partial charge >= 0.3 is 0 Å². The molecule has 26 heavy (non-hydrogen) atoms. The fourth-order valence-electron chi connectivity index (χ4n) is 2.60. The minimum atomic E-state index is -0.551. The Morgan fingerprint density at radius 3 is 2.65 bits per heavy atom. The van der Waals surface area contributed by atoms with Gasteiger partial charge in [0.15, 0.2) is 11.5 Å². The number of nitrogens with one attached hydrogen (secondary N) is 1. The average molecular weight is 359 g/mol. The van der Waals surface area contributed by atoms with Crippen molar-refractivity contribution in [2.24, 2.45) is 0 Å². The van der Waals surface area contributed by atoms with E-state index in [0.717, 1.165) is 41.3 Å². The maximum Gasteiger partial charge on any atom is 0.161 e. The highest BCUT2D eigenvalue weighted by molar-refractivity contribution is 5.43. The van der Waals surface area contributed by atoms with Crippen molar-refractivity contribution in [2.75, 3.05) is 33.4 Å². The molecule has 0 heterocycles. The van der Waals surface area contributed by atoms with Crippen LogP contribution >= 0.6 is 0 Å². The highest BCUT2D eigenvalue weighted by atomic mass is 16.5. The van der Waals surface area contributed by atoms with Gasteiger partial charge in [0.2, 0.25) is 0 Å². The molecular formula is C21H29NO4. The number of ether oxygens (including phenoxy) is 3. The standard InChI is InChI=1S/C21H29NO4/c1-4-25-20-9-8-17(13-21(20)24-3)10-11-22-14-18(23)15-26-19-7-5-6-16(2)12-19/h5-9,12-13,18,22-23H,4,10-11,14-15H2,1-3H3. The molecule has 0 spiro atoms. The van der Waals surface area contributed by atoms with E-state index >= 15 is 0 Å². The lowest BCUT2D eigenvalue weighted by molar-refractivity contribution is 0.106. The molecule has 5 nitrogen and oxygen atoms in total. The minimum absolute atomic E-state index is 0.271. The third-order valence-electron chi connectivity index (χ3n) is 3.93. The van der Waals surface area contributed by atoms with Crippen LogP contribution < -0.4 is 19.5 Å². The van der Waals surface area contributed by atoms with Crippen molar-refractivity contribution >= 4 is 0 Å². The highest BCUT2D eigenvalue weighted by Crippen LogP contribution is 2.28. The molecule has 1 atom stereocenters. The summed E-state index contributed by atoms with van der Waals surface area (Å²) in [4.78, 5) is 0. The summed E-state index contributed by atoms with van der Waals surface area (Å²) in [6.07, 6.45) is 0.291. The lowest BCUT2D eigenvalue weighted by atomic mass is 10.1. The molecule has 0 fully saturated rings. The minimum Gasteiger partial charge on any atom is -0.493 e. The molecule has 2 aromatic rings. The van der Waals surface area contributed by atoms with Crippen LogP contribution in [0.5, 0.6) is 17.2 Å². The van der Waals surface area contributed by atoms with Crippen molar-refractivity contribution < 1.29 is 19.3 Å². The van der Waals surface area contributed by atoms with Gasteiger partial charge in [-0.25, -0.2) is 0 Å². The molecule has 0 radical (unpaired) electrons. The van der Waals surface area contributed by atoms with Crippen LogP contribution in [0.15, 0.2) is 42.5 Å². The van der Waals surface area contributed by atoms with Gasteiger partial charge in [-0.05, 0) is 62.2 Å². The van der Waals surface area contributed by atoms with Crippen LogP contribution in [0, 0.1) is 6.92 Å². The van der Waals surface area contributed by atoms with Crippen LogP contribution in [0.1, 0.15) is 18.1 Å². The van der Waals surface area contributed by atoms with Gasteiger partial charge in [0.05, 0.1) is 13.7 Å². The van der Waals surface area contributed by atoms with Gasteiger partial charge in [0.25, 0.3) is 0 Å². The van der Waals surface area contributed by atoms with Gasteiger partial charge in [-0.2, -0.15) is 0 Å². The van der Waals surface area contributed by atoms with E-state index in [1.807, 2.05) is 56.3 Å². The van der Waals surface area contributed by atoms with Crippen molar-refractivity contribution in [1.82, 2.24) is 5.32 Å². The van der Waals surface area contributed by atoms with Crippen LogP contribution in [-0.4, -0.2) is 44.6 Å². The smallest absolute Gasteiger partial charge is 0.161 e. The predicted molar refractivity (Wildman–Crippen MR) is 103 cm³/mol. The molecule has 0 saturated carbocycles. The molecule has 0 aliphatic rings. The zero-order chi connectivity index (χ0) is 18.8. The van der Waals surface area contributed by atoms with Gasteiger partial charge in [-0.3, -0.25) is 0 Å². The summed E-state index contributed by atoms with van der Waals surface area (Å²) < 4.78 is 16.5. The Bertz CT molecular complexity index is 675. The number of hydrogen-bond donors (Lipinski definition) is 2. The van der Waals surface area contributed by atoms with E-state index in [-0.39, 0.29) is 6.61 Å². The molecule has 1 unspecified atom stereocenters. The van der Waals surface area contributed by atoms with Gasteiger partial charge in [-0.15, -0.1) is 0 Å². The number of rotatable bonds is 11. The van der Waals surface area contributed by atoms with E-state index in [4.69, 9.17) is 14.2 Å². The quantitative estimate of drug-likeness (QED) is 0.604. The molecule has 0 aromatic heterocycles. The lowest BCUT2D eigenvalue weighted by Crippen LogP contribution is -2.32. The van der Waals surface area contributed by atoms with Crippen molar-refractivity contribution in [1.29, 1.82) is 0 Å². The van der Waals surface area contributed by atoms with Crippen LogP contribution in [0.3, 0.4) is 0 Å². The van der Waals surface area contributed by atoms with Gasteiger partial charge in [0.1, 0.15) is 18.5 Å². The number of benzene rings is 2. The van der Waals surface area contributed by atoms with Crippen LogP contribution in [0.4, 0.5) is 0 Å². The van der Waals surface area contributed by atoms with Crippen molar-refractivity contribution in [2.45, 2.75) is 26.4 Å². The Labute approximate surface area is 155 Å².